The van der Waals surface area contributed by atoms with Crippen molar-refractivity contribution in [1.29, 1.82) is 5.26 Å². The summed E-state index contributed by atoms with van der Waals surface area (Å²) in [6.07, 6.45) is 3.29. The maximum absolute atomic E-state index is 10.4. The van der Waals surface area contributed by atoms with Crippen molar-refractivity contribution >= 4 is 0 Å². The van der Waals surface area contributed by atoms with E-state index in [9.17, 15) is 5.11 Å². The summed E-state index contributed by atoms with van der Waals surface area (Å²) in [4.78, 5) is 0. The Morgan fingerprint density at radius 3 is 2.71 bits per heavy atom. The van der Waals surface area contributed by atoms with Crippen molar-refractivity contribution in [3.05, 3.63) is 0 Å². The Labute approximate surface area is 85.7 Å². The molecule has 0 aromatic carbocycles. The van der Waals surface area contributed by atoms with Crippen LogP contribution in [0.25, 0.3) is 0 Å². The maximum atomic E-state index is 10.4. The van der Waals surface area contributed by atoms with Crippen molar-refractivity contribution in [2.75, 3.05) is 7.11 Å². The highest BCUT2D eigenvalue weighted by Crippen LogP contribution is 2.42. The first-order valence-electron chi connectivity index (χ1n) is 5.11. The SMILES string of the molecule is COC1CCCC(O)(C(C)(C)C#N)C1. The summed E-state index contributed by atoms with van der Waals surface area (Å²) in [6.45, 7) is 3.59. The van der Waals surface area contributed by atoms with Gasteiger partial charge in [0.1, 0.15) is 0 Å². The van der Waals surface area contributed by atoms with Gasteiger partial charge in [-0.05, 0) is 33.1 Å². The van der Waals surface area contributed by atoms with Gasteiger partial charge < -0.3 is 9.84 Å². The van der Waals surface area contributed by atoms with Crippen molar-refractivity contribution in [3.63, 3.8) is 0 Å². The van der Waals surface area contributed by atoms with Gasteiger partial charge in [0.05, 0.1) is 23.2 Å². The minimum atomic E-state index is -0.888. The summed E-state index contributed by atoms with van der Waals surface area (Å²) in [6, 6.07) is 2.19. The summed E-state index contributed by atoms with van der Waals surface area (Å²) in [5.74, 6) is 0. The van der Waals surface area contributed by atoms with Crippen LogP contribution < -0.4 is 0 Å². The van der Waals surface area contributed by atoms with Gasteiger partial charge in [0, 0.05) is 13.5 Å². The van der Waals surface area contributed by atoms with E-state index in [1.165, 1.54) is 0 Å². The summed E-state index contributed by atoms with van der Waals surface area (Å²) in [7, 11) is 1.66. The number of methoxy groups -OCH3 is 1. The number of ether oxygens (including phenoxy) is 1. The average Bonchev–Trinajstić information content (AvgIpc) is 2.17. The topological polar surface area (TPSA) is 53.2 Å². The van der Waals surface area contributed by atoms with Crippen LogP contribution in [0.4, 0.5) is 0 Å². The Morgan fingerprint density at radius 1 is 1.57 bits per heavy atom. The molecule has 1 aliphatic carbocycles. The number of nitrogens with zero attached hydrogens (tertiary/aromatic N) is 1. The zero-order valence-electron chi connectivity index (χ0n) is 9.21. The third kappa shape index (κ3) is 1.92. The molecule has 0 amide bonds. The minimum absolute atomic E-state index is 0.0985. The van der Waals surface area contributed by atoms with E-state index in [0.717, 1.165) is 12.8 Å². The van der Waals surface area contributed by atoms with Crippen LogP contribution in [0.2, 0.25) is 0 Å². The van der Waals surface area contributed by atoms with Crippen LogP contribution in [-0.2, 0) is 4.74 Å². The van der Waals surface area contributed by atoms with Crippen molar-refractivity contribution in [2.45, 2.75) is 51.2 Å². The molecule has 1 aliphatic rings. The van der Waals surface area contributed by atoms with Gasteiger partial charge in [-0.2, -0.15) is 5.26 Å². The second kappa shape index (κ2) is 3.88. The third-order valence-corrected chi connectivity index (χ3v) is 3.46. The molecule has 0 saturated heterocycles. The van der Waals surface area contributed by atoms with E-state index in [4.69, 9.17) is 10.00 Å². The first kappa shape index (κ1) is 11.5. The molecule has 0 radical (unpaired) electrons. The van der Waals surface area contributed by atoms with E-state index in [2.05, 4.69) is 6.07 Å². The monoisotopic (exact) mass is 197 g/mol. The molecule has 3 heteroatoms. The lowest BCUT2D eigenvalue weighted by atomic mass is 9.67. The van der Waals surface area contributed by atoms with Gasteiger partial charge in [-0.15, -0.1) is 0 Å². The molecular formula is C11H19NO2. The standard InChI is InChI=1S/C11H19NO2/c1-10(2,8-12)11(13)6-4-5-9(7-11)14-3/h9,13H,4-7H2,1-3H3. The molecule has 0 bridgehead atoms. The van der Waals surface area contributed by atoms with Gasteiger partial charge in [-0.3, -0.25) is 0 Å². The van der Waals surface area contributed by atoms with Crippen LogP contribution >= 0.6 is 0 Å². The molecule has 2 unspecified atom stereocenters. The molecule has 0 aliphatic heterocycles. The molecular weight excluding hydrogens is 178 g/mol. The summed E-state index contributed by atoms with van der Waals surface area (Å²) >= 11 is 0. The average molecular weight is 197 g/mol. The van der Waals surface area contributed by atoms with Crippen LogP contribution in [0, 0.1) is 16.7 Å². The van der Waals surface area contributed by atoms with E-state index in [-0.39, 0.29) is 6.10 Å². The number of aliphatic hydroxyl groups is 1. The van der Waals surface area contributed by atoms with E-state index in [0.29, 0.717) is 12.8 Å². The molecule has 1 N–H and O–H groups in total. The molecule has 0 aromatic rings. The third-order valence-electron chi connectivity index (χ3n) is 3.46. The Bertz CT molecular complexity index is 244. The van der Waals surface area contributed by atoms with Gasteiger partial charge >= 0.3 is 0 Å². The van der Waals surface area contributed by atoms with Gasteiger partial charge in [-0.1, -0.05) is 0 Å². The molecule has 1 rings (SSSR count). The Kier molecular flexibility index (Phi) is 3.18. The van der Waals surface area contributed by atoms with Crippen molar-refractivity contribution in [3.8, 4) is 6.07 Å². The van der Waals surface area contributed by atoms with Crippen LogP contribution in [0.3, 0.4) is 0 Å². The zero-order valence-corrected chi connectivity index (χ0v) is 9.21. The first-order chi connectivity index (χ1) is 6.45. The molecule has 3 nitrogen and oxygen atoms in total. The van der Waals surface area contributed by atoms with Crippen molar-refractivity contribution < 1.29 is 9.84 Å². The van der Waals surface area contributed by atoms with Gasteiger partial charge in [0.25, 0.3) is 0 Å². The predicted molar refractivity (Wildman–Crippen MR) is 53.6 cm³/mol. The summed E-state index contributed by atoms with van der Waals surface area (Å²) < 4.78 is 5.26. The fourth-order valence-corrected chi connectivity index (χ4v) is 2.08. The van der Waals surface area contributed by atoms with Crippen molar-refractivity contribution in [2.24, 2.45) is 5.41 Å². The fraction of sp³-hybridized carbons (Fsp3) is 0.909. The molecule has 0 spiro atoms. The number of hydrogen-bond acceptors (Lipinski definition) is 3. The second-order valence-electron chi connectivity index (χ2n) is 4.72. The molecule has 1 saturated carbocycles. The van der Waals surface area contributed by atoms with Crippen LogP contribution in [-0.4, -0.2) is 23.9 Å². The molecule has 0 heterocycles. The van der Waals surface area contributed by atoms with E-state index >= 15 is 0 Å². The molecule has 1 fully saturated rings. The van der Waals surface area contributed by atoms with E-state index in [1.54, 1.807) is 21.0 Å². The van der Waals surface area contributed by atoms with E-state index < -0.39 is 11.0 Å². The lowest BCUT2D eigenvalue weighted by Gasteiger charge is -2.43. The molecule has 2 atom stereocenters. The summed E-state index contributed by atoms with van der Waals surface area (Å²) in [5.41, 5.74) is -1.58. The summed E-state index contributed by atoms with van der Waals surface area (Å²) in [5, 5.41) is 19.4. The molecule has 0 aromatic heterocycles. The maximum Gasteiger partial charge on any atom is 0.0852 e. The van der Waals surface area contributed by atoms with Gasteiger partial charge in [0.15, 0.2) is 0 Å². The van der Waals surface area contributed by atoms with Crippen molar-refractivity contribution in [1.82, 2.24) is 0 Å². The smallest absolute Gasteiger partial charge is 0.0852 e. The highest BCUT2D eigenvalue weighted by atomic mass is 16.5. The second-order valence-corrected chi connectivity index (χ2v) is 4.72. The number of hydrogen-bond donors (Lipinski definition) is 1. The Morgan fingerprint density at radius 2 is 2.21 bits per heavy atom. The number of rotatable bonds is 2. The molecule has 80 valence electrons. The Balaban J connectivity index is 2.79. The first-order valence-corrected chi connectivity index (χ1v) is 5.11. The highest BCUT2D eigenvalue weighted by molar-refractivity contribution is 5.08. The van der Waals surface area contributed by atoms with Gasteiger partial charge in [-0.25, -0.2) is 0 Å². The Hall–Kier alpha value is -0.590. The zero-order chi connectivity index (χ0) is 10.8. The predicted octanol–water partition coefficient (Wildman–Crippen LogP) is 1.86. The lowest BCUT2D eigenvalue weighted by molar-refractivity contribution is -0.108. The quantitative estimate of drug-likeness (QED) is 0.735. The minimum Gasteiger partial charge on any atom is -0.388 e. The highest BCUT2D eigenvalue weighted by Gasteiger charge is 2.46. The molecule has 14 heavy (non-hydrogen) atoms. The van der Waals surface area contributed by atoms with Crippen LogP contribution in [0.5, 0.6) is 0 Å². The van der Waals surface area contributed by atoms with Crippen LogP contribution in [0.1, 0.15) is 39.5 Å². The lowest BCUT2D eigenvalue weighted by Crippen LogP contribution is -2.49. The van der Waals surface area contributed by atoms with Gasteiger partial charge in [0.2, 0.25) is 0 Å². The van der Waals surface area contributed by atoms with Crippen LogP contribution in [0.15, 0.2) is 0 Å². The van der Waals surface area contributed by atoms with E-state index in [1.807, 2.05) is 0 Å². The largest absolute Gasteiger partial charge is 0.388 e. The number of nitriles is 1. The fourth-order valence-electron chi connectivity index (χ4n) is 2.08. The normalized spacial score (nSPS) is 33.8.